The maximum Gasteiger partial charge on any atom is 0.134 e. The average molecular weight is 204 g/mol. The number of hydrogen-bond donors (Lipinski definition) is 1. The van der Waals surface area contributed by atoms with E-state index in [9.17, 15) is 9.90 Å². The number of ether oxygens (including phenoxy) is 1. The van der Waals surface area contributed by atoms with Gasteiger partial charge in [-0.25, -0.2) is 0 Å². The Balaban J connectivity index is 2.47. The molecule has 0 radical (unpaired) electrons. The lowest BCUT2D eigenvalue weighted by Crippen LogP contribution is -2.09. The minimum absolute atomic E-state index is 0.149. The molecule has 0 saturated heterocycles. The molecule has 1 aliphatic rings. The van der Waals surface area contributed by atoms with Gasteiger partial charge in [-0.05, 0) is 12.1 Å². The molecule has 3 heteroatoms. The van der Waals surface area contributed by atoms with Crippen molar-refractivity contribution in [3.8, 4) is 11.5 Å². The topological polar surface area (TPSA) is 46.5 Å². The van der Waals surface area contributed by atoms with Crippen molar-refractivity contribution in [2.45, 2.75) is 19.3 Å². The quantitative estimate of drug-likeness (QED) is 0.752. The Bertz CT molecular complexity index is 421. The van der Waals surface area contributed by atoms with E-state index in [1.165, 1.54) is 6.07 Å². The van der Waals surface area contributed by atoms with Gasteiger partial charge in [0.2, 0.25) is 0 Å². The van der Waals surface area contributed by atoms with Crippen LogP contribution in [0.25, 0.3) is 0 Å². The third-order valence-electron chi connectivity index (χ3n) is 2.46. The Labute approximate surface area is 88.0 Å². The molecular formula is C12H12O3. The first kappa shape index (κ1) is 9.77. The zero-order valence-corrected chi connectivity index (χ0v) is 8.43. The highest BCUT2D eigenvalue weighted by Gasteiger charge is 2.20. The van der Waals surface area contributed by atoms with Gasteiger partial charge in [-0.1, -0.05) is 13.0 Å². The van der Waals surface area contributed by atoms with Gasteiger partial charge in [0, 0.05) is 18.1 Å². The molecule has 15 heavy (non-hydrogen) atoms. The number of hydrogen-bond acceptors (Lipinski definition) is 3. The van der Waals surface area contributed by atoms with Crippen LogP contribution in [0.5, 0.6) is 11.5 Å². The Morgan fingerprint density at radius 1 is 1.53 bits per heavy atom. The summed E-state index contributed by atoms with van der Waals surface area (Å²) in [6.45, 7) is 1.96. The molecule has 0 aliphatic carbocycles. The molecule has 78 valence electrons. The third-order valence-corrected chi connectivity index (χ3v) is 2.46. The van der Waals surface area contributed by atoms with Gasteiger partial charge in [0.25, 0.3) is 0 Å². The van der Waals surface area contributed by atoms with Crippen LogP contribution >= 0.6 is 0 Å². The standard InChI is InChI=1S/C12H12O3/c1-2-10-5-8(7-13)11-4-3-9(14)6-12(11)15-10/h3-8,14H,2H2,1H3. The highest BCUT2D eigenvalue weighted by molar-refractivity contribution is 5.69. The molecule has 1 atom stereocenters. The predicted octanol–water partition coefficient (Wildman–Crippen LogP) is 2.36. The Morgan fingerprint density at radius 3 is 3.00 bits per heavy atom. The summed E-state index contributed by atoms with van der Waals surface area (Å²) in [5.41, 5.74) is 0.806. The van der Waals surface area contributed by atoms with E-state index in [4.69, 9.17) is 4.74 Å². The molecule has 1 heterocycles. The second kappa shape index (κ2) is 3.77. The molecule has 0 aromatic heterocycles. The first-order valence-corrected chi connectivity index (χ1v) is 4.91. The maximum atomic E-state index is 10.9. The van der Waals surface area contributed by atoms with E-state index in [0.717, 1.165) is 24.0 Å². The summed E-state index contributed by atoms with van der Waals surface area (Å²) in [6.07, 6.45) is 3.43. The molecule has 0 spiro atoms. The maximum absolute atomic E-state index is 10.9. The SMILES string of the molecule is CCC1=CC(C=O)c2ccc(O)cc2O1. The molecular weight excluding hydrogens is 192 g/mol. The van der Waals surface area contributed by atoms with Gasteiger partial charge in [0.15, 0.2) is 0 Å². The normalized spacial score (nSPS) is 18.7. The van der Waals surface area contributed by atoms with Crippen LogP contribution in [-0.4, -0.2) is 11.4 Å². The fourth-order valence-electron chi connectivity index (χ4n) is 1.65. The number of allylic oxidation sites excluding steroid dienone is 2. The van der Waals surface area contributed by atoms with Crippen molar-refractivity contribution in [1.82, 2.24) is 0 Å². The van der Waals surface area contributed by atoms with Crippen LogP contribution in [0.15, 0.2) is 30.0 Å². The lowest BCUT2D eigenvalue weighted by molar-refractivity contribution is -0.108. The highest BCUT2D eigenvalue weighted by atomic mass is 16.5. The molecule has 1 aromatic carbocycles. The van der Waals surface area contributed by atoms with Crippen molar-refractivity contribution in [3.05, 3.63) is 35.6 Å². The molecule has 0 saturated carbocycles. The molecule has 1 unspecified atom stereocenters. The number of fused-ring (bicyclic) bond motifs is 1. The summed E-state index contributed by atoms with van der Waals surface area (Å²) >= 11 is 0. The van der Waals surface area contributed by atoms with Crippen LogP contribution in [0.4, 0.5) is 0 Å². The van der Waals surface area contributed by atoms with Gasteiger partial charge < -0.3 is 14.6 Å². The fraction of sp³-hybridized carbons (Fsp3) is 0.250. The second-order valence-electron chi connectivity index (χ2n) is 3.47. The van der Waals surface area contributed by atoms with Crippen LogP contribution in [0.3, 0.4) is 0 Å². The second-order valence-corrected chi connectivity index (χ2v) is 3.47. The number of aromatic hydroxyl groups is 1. The number of phenols is 1. The molecule has 2 rings (SSSR count). The van der Waals surface area contributed by atoms with Crippen molar-refractivity contribution >= 4 is 6.29 Å². The molecule has 1 aliphatic heterocycles. The van der Waals surface area contributed by atoms with Gasteiger partial charge >= 0.3 is 0 Å². The van der Waals surface area contributed by atoms with E-state index in [2.05, 4.69) is 0 Å². The van der Waals surface area contributed by atoms with Gasteiger partial charge in [0.05, 0.1) is 5.92 Å². The minimum atomic E-state index is -0.260. The number of phenolic OH excluding ortho intramolecular Hbond substituents is 1. The van der Waals surface area contributed by atoms with E-state index in [1.807, 2.05) is 13.0 Å². The van der Waals surface area contributed by atoms with Crippen molar-refractivity contribution in [3.63, 3.8) is 0 Å². The van der Waals surface area contributed by atoms with Crippen molar-refractivity contribution in [1.29, 1.82) is 0 Å². The molecule has 0 amide bonds. The Morgan fingerprint density at radius 2 is 2.33 bits per heavy atom. The zero-order chi connectivity index (χ0) is 10.8. The number of rotatable bonds is 2. The third kappa shape index (κ3) is 1.73. The van der Waals surface area contributed by atoms with Gasteiger partial charge in [-0.15, -0.1) is 0 Å². The largest absolute Gasteiger partial charge is 0.508 e. The van der Waals surface area contributed by atoms with Crippen LogP contribution in [0.1, 0.15) is 24.8 Å². The van der Waals surface area contributed by atoms with E-state index in [1.54, 1.807) is 12.1 Å². The summed E-state index contributed by atoms with van der Waals surface area (Å²) in [6, 6.07) is 4.81. The fourth-order valence-corrected chi connectivity index (χ4v) is 1.65. The van der Waals surface area contributed by atoms with Crippen molar-refractivity contribution < 1.29 is 14.6 Å². The monoisotopic (exact) mass is 204 g/mol. The summed E-state index contributed by atoms with van der Waals surface area (Å²) < 4.78 is 5.54. The van der Waals surface area contributed by atoms with Crippen LogP contribution in [-0.2, 0) is 4.79 Å². The molecule has 3 nitrogen and oxygen atoms in total. The zero-order valence-electron chi connectivity index (χ0n) is 8.43. The summed E-state index contributed by atoms with van der Waals surface area (Å²) in [7, 11) is 0. The average Bonchev–Trinajstić information content (AvgIpc) is 2.26. The van der Waals surface area contributed by atoms with Crippen molar-refractivity contribution in [2.75, 3.05) is 0 Å². The van der Waals surface area contributed by atoms with Crippen LogP contribution in [0.2, 0.25) is 0 Å². The van der Waals surface area contributed by atoms with Crippen LogP contribution in [0, 0.1) is 0 Å². The van der Waals surface area contributed by atoms with E-state index >= 15 is 0 Å². The summed E-state index contributed by atoms with van der Waals surface area (Å²) in [5, 5.41) is 9.32. The number of aldehydes is 1. The molecule has 1 aromatic rings. The smallest absolute Gasteiger partial charge is 0.134 e. The Hall–Kier alpha value is -1.77. The van der Waals surface area contributed by atoms with Gasteiger partial charge in [-0.2, -0.15) is 0 Å². The van der Waals surface area contributed by atoms with Gasteiger partial charge in [0.1, 0.15) is 23.5 Å². The molecule has 0 fully saturated rings. The summed E-state index contributed by atoms with van der Waals surface area (Å²) in [4.78, 5) is 10.9. The molecule has 0 bridgehead atoms. The van der Waals surface area contributed by atoms with E-state index in [-0.39, 0.29) is 11.7 Å². The first-order chi connectivity index (χ1) is 7.24. The van der Waals surface area contributed by atoms with Crippen LogP contribution < -0.4 is 4.74 Å². The first-order valence-electron chi connectivity index (χ1n) is 4.91. The molecule has 1 N–H and O–H groups in total. The lowest BCUT2D eigenvalue weighted by Gasteiger charge is -2.21. The van der Waals surface area contributed by atoms with E-state index in [0.29, 0.717) is 5.75 Å². The van der Waals surface area contributed by atoms with E-state index < -0.39 is 0 Å². The lowest BCUT2D eigenvalue weighted by atomic mass is 9.96. The number of carbonyl (C=O) groups is 1. The number of carbonyl (C=O) groups excluding carboxylic acids is 1. The van der Waals surface area contributed by atoms with Crippen molar-refractivity contribution in [2.24, 2.45) is 0 Å². The highest BCUT2D eigenvalue weighted by Crippen LogP contribution is 2.36. The summed E-state index contributed by atoms with van der Waals surface area (Å²) in [5.74, 6) is 1.23. The van der Waals surface area contributed by atoms with Gasteiger partial charge in [-0.3, -0.25) is 0 Å². The minimum Gasteiger partial charge on any atom is -0.508 e. The predicted molar refractivity (Wildman–Crippen MR) is 55.9 cm³/mol. The number of benzene rings is 1. The Kier molecular flexibility index (Phi) is 2.46.